The van der Waals surface area contributed by atoms with Crippen LogP contribution >= 0.6 is 0 Å². The van der Waals surface area contributed by atoms with E-state index in [1.54, 1.807) is 32.3 Å². The molecule has 28 heavy (non-hydrogen) atoms. The lowest BCUT2D eigenvalue weighted by Crippen LogP contribution is -2.44. The largest absolute Gasteiger partial charge is 0.478 e. The van der Waals surface area contributed by atoms with E-state index in [-0.39, 0.29) is 5.56 Å². The zero-order valence-corrected chi connectivity index (χ0v) is 16.9. The summed E-state index contributed by atoms with van der Waals surface area (Å²) >= 11 is 0. The summed E-state index contributed by atoms with van der Waals surface area (Å²) in [5.74, 6) is -0.584. The van der Waals surface area contributed by atoms with Gasteiger partial charge < -0.3 is 5.11 Å². The Hall–Kier alpha value is -2.29. The lowest BCUT2D eigenvalue weighted by atomic mass is 9.93. The SMILES string of the molecule is CN(C)S(=O)(=O)N1CCC(Cc2cccc(-c3cccc(C(=O)O)c3)n2)CC1. The number of carboxylic acid groups (broad SMARTS) is 1. The number of hydrogen-bond acceptors (Lipinski definition) is 4. The standard InChI is InChI=1S/C20H25N3O4S/c1-22(2)28(26,27)23-11-9-15(10-12-23)13-18-7-4-8-19(21-18)16-5-3-6-17(14-16)20(24)25/h3-8,14-15H,9-13H2,1-2H3,(H,24,25). The van der Waals surface area contributed by atoms with Gasteiger partial charge in [0.2, 0.25) is 0 Å². The third-order valence-corrected chi connectivity index (χ3v) is 7.01. The lowest BCUT2D eigenvalue weighted by Gasteiger charge is -2.32. The molecular weight excluding hydrogens is 378 g/mol. The molecule has 2 heterocycles. The van der Waals surface area contributed by atoms with Crippen molar-refractivity contribution in [2.24, 2.45) is 5.92 Å². The van der Waals surface area contributed by atoms with Gasteiger partial charge in [0.25, 0.3) is 10.2 Å². The van der Waals surface area contributed by atoms with E-state index in [2.05, 4.69) is 0 Å². The van der Waals surface area contributed by atoms with E-state index in [9.17, 15) is 13.2 Å². The number of nitrogens with zero attached hydrogens (tertiary/aromatic N) is 3. The maximum Gasteiger partial charge on any atom is 0.335 e. The van der Waals surface area contributed by atoms with Crippen LogP contribution in [-0.2, 0) is 16.6 Å². The van der Waals surface area contributed by atoms with Crippen LogP contribution in [0.25, 0.3) is 11.3 Å². The van der Waals surface area contributed by atoms with Gasteiger partial charge >= 0.3 is 5.97 Å². The Labute approximate surface area is 165 Å². The van der Waals surface area contributed by atoms with Crippen molar-refractivity contribution < 1.29 is 18.3 Å². The molecule has 2 aromatic rings. The van der Waals surface area contributed by atoms with Gasteiger partial charge in [-0.1, -0.05) is 18.2 Å². The maximum absolute atomic E-state index is 12.2. The molecule has 0 bridgehead atoms. The number of hydrogen-bond donors (Lipinski definition) is 1. The molecule has 1 aliphatic heterocycles. The van der Waals surface area contributed by atoms with Crippen molar-refractivity contribution in [2.75, 3.05) is 27.2 Å². The van der Waals surface area contributed by atoms with E-state index < -0.39 is 16.2 Å². The van der Waals surface area contributed by atoms with Gasteiger partial charge in [0.05, 0.1) is 11.3 Å². The molecule has 0 atom stereocenters. The summed E-state index contributed by atoms with van der Waals surface area (Å²) in [6, 6.07) is 12.5. The average Bonchev–Trinajstić information content (AvgIpc) is 2.68. The van der Waals surface area contributed by atoms with Crippen LogP contribution < -0.4 is 0 Å². The number of rotatable bonds is 6. The minimum absolute atomic E-state index is 0.235. The highest BCUT2D eigenvalue weighted by atomic mass is 32.2. The van der Waals surface area contributed by atoms with Crippen LogP contribution in [0.2, 0.25) is 0 Å². The number of piperidine rings is 1. The molecule has 0 unspecified atom stereocenters. The van der Waals surface area contributed by atoms with Crippen molar-refractivity contribution in [3.05, 3.63) is 53.7 Å². The quantitative estimate of drug-likeness (QED) is 0.800. The van der Waals surface area contributed by atoms with Crippen molar-refractivity contribution in [1.29, 1.82) is 0 Å². The highest BCUT2D eigenvalue weighted by Gasteiger charge is 2.29. The van der Waals surface area contributed by atoms with Gasteiger partial charge in [-0.25, -0.2) is 4.79 Å². The third kappa shape index (κ3) is 4.57. The van der Waals surface area contributed by atoms with Crippen LogP contribution in [0, 0.1) is 5.92 Å². The number of benzene rings is 1. The van der Waals surface area contributed by atoms with Gasteiger partial charge in [-0.3, -0.25) is 4.98 Å². The second-order valence-corrected chi connectivity index (χ2v) is 9.38. The Morgan fingerprint density at radius 2 is 1.86 bits per heavy atom. The summed E-state index contributed by atoms with van der Waals surface area (Å²) in [5.41, 5.74) is 2.69. The van der Waals surface area contributed by atoms with E-state index in [1.165, 1.54) is 8.61 Å². The molecule has 1 aromatic carbocycles. The van der Waals surface area contributed by atoms with Crippen LogP contribution in [0.15, 0.2) is 42.5 Å². The van der Waals surface area contributed by atoms with Crippen LogP contribution in [0.3, 0.4) is 0 Å². The molecule has 1 saturated heterocycles. The fraction of sp³-hybridized carbons (Fsp3) is 0.400. The van der Waals surface area contributed by atoms with Crippen LogP contribution in [0.4, 0.5) is 0 Å². The molecule has 0 amide bonds. The van der Waals surface area contributed by atoms with Gasteiger partial charge in [0.1, 0.15) is 0 Å². The van der Waals surface area contributed by atoms with E-state index in [0.29, 0.717) is 19.0 Å². The first kappa shape index (κ1) is 20.4. The second kappa shape index (κ2) is 8.38. The molecule has 1 aromatic heterocycles. The monoisotopic (exact) mass is 403 g/mol. The van der Waals surface area contributed by atoms with Gasteiger partial charge in [0, 0.05) is 38.4 Å². The molecule has 8 heteroatoms. The highest BCUT2D eigenvalue weighted by Crippen LogP contribution is 2.25. The van der Waals surface area contributed by atoms with E-state index in [1.807, 2.05) is 24.3 Å². The normalized spacial score (nSPS) is 16.4. The first-order valence-electron chi connectivity index (χ1n) is 9.24. The number of carbonyl (C=O) groups is 1. The summed E-state index contributed by atoms with van der Waals surface area (Å²) in [7, 11) is -0.243. The number of aromatic nitrogens is 1. The fourth-order valence-electron chi connectivity index (χ4n) is 3.44. The number of carboxylic acids is 1. The smallest absolute Gasteiger partial charge is 0.335 e. The summed E-state index contributed by atoms with van der Waals surface area (Å²) < 4.78 is 27.2. The van der Waals surface area contributed by atoms with Crippen molar-refractivity contribution in [3.8, 4) is 11.3 Å². The molecule has 1 fully saturated rings. The Morgan fingerprint density at radius 1 is 1.18 bits per heavy atom. The van der Waals surface area contributed by atoms with Crippen LogP contribution in [0.1, 0.15) is 28.9 Å². The molecule has 0 aliphatic carbocycles. The van der Waals surface area contributed by atoms with Crippen molar-refractivity contribution >= 4 is 16.2 Å². The van der Waals surface area contributed by atoms with Crippen LogP contribution in [-0.4, -0.2) is 60.3 Å². The van der Waals surface area contributed by atoms with Crippen molar-refractivity contribution in [3.63, 3.8) is 0 Å². The highest BCUT2D eigenvalue weighted by molar-refractivity contribution is 7.86. The Kier molecular flexibility index (Phi) is 6.12. The summed E-state index contributed by atoms with van der Waals surface area (Å²) in [5, 5.41) is 9.17. The molecule has 1 N–H and O–H groups in total. The van der Waals surface area contributed by atoms with Gasteiger partial charge in [0.15, 0.2) is 0 Å². The lowest BCUT2D eigenvalue weighted by molar-refractivity contribution is 0.0697. The fourth-order valence-corrected chi connectivity index (χ4v) is 4.57. The minimum atomic E-state index is -3.35. The predicted octanol–water partition coefficient (Wildman–Crippen LogP) is 2.51. The van der Waals surface area contributed by atoms with Crippen LogP contribution in [0.5, 0.6) is 0 Å². The first-order valence-corrected chi connectivity index (χ1v) is 10.6. The number of aromatic carboxylic acids is 1. The molecule has 0 spiro atoms. The Balaban J connectivity index is 1.68. The van der Waals surface area contributed by atoms with Gasteiger partial charge in [-0.15, -0.1) is 0 Å². The molecule has 7 nitrogen and oxygen atoms in total. The molecular formula is C20H25N3O4S. The van der Waals surface area contributed by atoms with Gasteiger partial charge in [-0.05, 0) is 49.4 Å². The van der Waals surface area contributed by atoms with Crippen molar-refractivity contribution in [1.82, 2.24) is 13.6 Å². The summed E-state index contributed by atoms with van der Waals surface area (Å²) in [6.45, 7) is 1.04. The second-order valence-electron chi connectivity index (χ2n) is 7.24. The molecule has 0 radical (unpaired) electrons. The van der Waals surface area contributed by atoms with Crippen molar-refractivity contribution in [2.45, 2.75) is 19.3 Å². The molecule has 0 saturated carbocycles. The third-order valence-electron chi connectivity index (χ3n) is 5.07. The van der Waals surface area contributed by atoms with E-state index >= 15 is 0 Å². The summed E-state index contributed by atoms with van der Waals surface area (Å²) in [4.78, 5) is 15.9. The topological polar surface area (TPSA) is 90.8 Å². The average molecular weight is 404 g/mol. The van der Waals surface area contributed by atoms with E-state index in [0.717, 1.165) is 36.2 Å². The summed E-state index contributed by atoms with van der Waals surface area (Å²) in [6.07, 6.45) is 2.38. The maximum atomic E-state index is 12.2. The van der Waals surface area contributed by atoms with E-state index in [4.69, 9.17) is 10.1 Å². The zero-order valence-electron chi connectivity index (χ0n) is 16.1. The first-order chi connectivity index (χ1) is 13.3. The Morgan fingerprint density at radius 3 is 2.50 bits per heavy atom. The molecule has 1 aliphatic rings. The number of pyridine rings is 1. The van der Waals surface area contributed by atoms with Gasteiger partial charge in [-0.2, -0.15) is 17.0 Å². The molecule has 3 rings (SSSR count). The predicted molar refractivity (Wildman–Crippen MR) is 107 cm³/mol. The minimum Gasteiger partial charge on any atom is -0.478 e. The zero-order chi connectivity index (χ0) is 20.3. The molecule has 150 valence electrons. The Bertz CT molecular complexity index is 951.